The van der Waals surface area contributed by atoms with Gasteiger partial charge in [0.1, 0.15) is 5.60 Å². The highest BCUT2D eigenvalue weighted by Gasteiger charge is 2.15. The van der Waals surface area contributed by atoms with Gasteiger partial charge in [0.05, 0.1) is 5.02 Å². The van der Waals surface area contributed by atoms with Gasteiger partial charge >= 0.3 is 6.09 Å². The van der Waals surface area contributed by atoms with Crippen LogP contribution in [0, 0.1) is 0 Å². The molecule has 0 unspecified atom stereocenters. The number of pyridine rings is 1. The maximum absolute atomic E-state index is 11.4. The van der Waals surface area contributed by atoms with Gasteiger partial charge < -0.3 is 15.4 Å². The molecule has 7 nitrogen and oxygen atoms in total. The van der Waals surface area contributed by atoms with Crippen molar-refractivity contribution < 1.29 is 9.53 Å². The number of ether oxygens (including phenoxy) is 1. The number of rotatable bonds is 5. The van der Waals surface area contributed by atoms with Crippen LogP contribution in [0.5, 0.6) is 0 Å². The first-order valence-corrected chi connectivity index (χ1v) is 7.44. The fraction of sp³-hybridized carbons (Fsp3) is 0.500. The summed E-state index contributed by atoms with van der Waals surface area (Å²) in [5, 5.41) is 10.6. The highest BCUT2D eigenvalue weighted by Crippen LogP contribution is 2.11. The molecule has 0 atom stereocenters. The first kappa shape index (κ1) is 16.4. The first-order chi connectivity index (χ1) is 10.3. The Labute approximate surface area is 134 Å². The van der Waals surface area contributed by atoms with Crippen molar-refractivity contribution in [2.75, 3.05) is 18.4 Å². The topological polar surface area (TPSA) is 80.5 Å². The van der Waals surface area contributed by atoms with Crippen molar-refractivity contribution in [3.8, 4) is 0 Å². The number of halogens is 1. The zero-order chi connectivity index (χ0) is 16.2. The quantitative estimate of drug-likeness (QED) is 0.826. The van der Waals surface area contributed by atoms with E-state index in [2.05, 4.69) is 20.7 Å². The largest absolute Gasteiger partial charge is 0.444 e. The third kappa shape index (κ3) is 5.07. The van der Waals surface area contributed by atoms with Crippen LogP contribution in [-0.4, -0.2) is 39.4 Å². The molecule has 2 aromatic heterocycles. The maximum Gasteiger partial charge on any atom is 0.407 e. The number of hydrogen-bond donors (Lipinski definition) is 2. The van der Waals surface area contributed by atoms with Crippen molar-refractivity contribution in [3.05, 3.63) is 23.4 Å². The van der Waals surface area contributed by atoms with Crippen molar-refractivity contribution in [1.29, 1.82) is 0 Å². The molecular formula is C14H20ClN5O2. The second-order valence-electron chi connectivity index (χ2n) is 5.79. The van der Waals surface area contributed by atoms with E-state index in [1.54, 1.807) is 22.8 Å². The lowest BCUT2D eigenvalue weighted by Crippen LogP contribution is -2.33. The molecule has 0 aliphatic rings. The smallest absolute Gasteiger partial charge is 0.407 e. The number of carbonyl (C=O) groups excluding carboxylic acids is 1. The summed E-state index contributed by atoms with van der Waals surface area (Å²) < 4.78 is 6.76. The van der Waals surface area contributed by atoms with E-state index >= 15 is 0 Å². The van der Waals surface area contributed by atoms with Crippen LogP contribution < -0.4 is 10.6 Å². The van der Waals surface area contributed by atoms with Crippen LogP contribution >= 0.6 is 11.6 Å². The summed E-state index contributed by atoms with van der Waals surface area (Å²) in [5.41, 5.74) is 0.239. The fourth-order valence-corrected chi connectivity index (χ4v) is 1.88. The number of carbonyl (C=O) groups is 1. The number of fused-ring (bicyclic) bond motifs is 1. The average molecular weight is 326 g/mol. The molecule has 2 heterocycles. The van der Waals surface area contributed by atoms with Crippen LogP contribution in [0.15, 0.2) is 18.3 Å². The SMILES string of the molecule is CC(C)(C)OC(=O)NCCCNc1nc2ccc(Cl)cn2n1. The lowest BCUT2D eigenvalue weighted by Gasteiger charge is -2.19. The van der Waals surface area contributed by atoms with Gasteiger partial charge in [-0.1, -0.05) is 11.6 Å². The summed E-state index contributed by atoms with van der Waals surface area (Å²) in [7, 11) is 0. The Morgan fingerprint density at radius 3 is 2.86 bits per heavy atom. The molecule has 0 spiro atoms. The number of anilines is 1. The summed E-state index contributed by atoms with van der Waals surface area (Å²) in [5.74, 6) is 0.527. The zero-order valence-electron chi connectivity index (χ0n) is 12.9. The Kier molecular flexibility index (Phi) is 5.07. The van der Waals surface area contributed by atoms with Crippen molar-refractivity contribution in [3.63, 3.8) is 0 Å². The van der Waals surface area contributed by atoms with Crippen LogP contribution in [0.25, 0.3) is 5.65 Å². The van der Waals surface area contributed by atoms with Crippen LogP contribution in [0.3, 0.4) is 0 Å². The van der Waals surface area contributed by atoms with Gasteiger partial charge in [-0.25, -0.2) is 9.31 Å². The Bertz CT molecular complexity index is 650. The van der Waals surface area contributed by atoms with Gasteiger partial charge in [0.25, 0.3) is 0 Å². The molecule has 0 aromatic carbocycles. The van der Waals surface area contributed by atoms with Crippen molar-refractivity contribution >= 4 is 29.3 Å². The minimum absolute atomic E-state index is 0.409. The maximum atomic E-state index is 11.4. The summed E-state index contributed by atoms with van der Waals surface area (Å²) in [6, 6.07) is 3.56. The minimum atomic E-state index is -0.482. The Balaban J connectivity index is 1.71. The molecule has 2 N–H and O–H groups in total. The first-order valence-electron chi connectivity index (χ1n) is 7.06. The summed E-state index contributed by atoms with van der Waals surface area (Å²) in [4.78, 5) is 15.8. The average Bonchev–Trinajstić information content (AvgIpc) is 2.78. The number of nitrogens with zero attached hydrogens (tertiary/aromatic N) is 3. The molecule has 0 aliphatic carbocycles. The second-order valence-corrected chi connectivity index (χ2v) is 6.23. The van der Waals surface area contributed by atoms with Gasteiger partial charge in [-0.2, -0.15) is 4.98 Å². The van der Waals surface area contributed by atoms with E-state index in [0.717, 1.165) is 12.1 Å². The summed E-state index contributed by atoms with van der Waals surface area (Å²) in [6.45, 7) is 6.64. The lowest BCUT2D eigenvalue weighted by atomic mass is 10.2. The summed E-state index contributed by atoms with van der Waals surface area (Å²) in [6.07, 6.45) is 2.02. The van der Waals surface area contributed by atoms with Crippen LogP contribution in [0.1, 0.15) is 27.2 Å². The van der Waals surface area contributed by atoms with E-state index < -0.39 is 11.7 Å². The Morgan fingerprint density at radius 1 is 1.36 bits per heavy atom. The van der Waals surface area contributed by atoms with Gasteiger partial charge in [0, 0.05) is 19.3 Å². The molecule has 0 radical (unpaired) electrons. The molecule has 0 fully saturated rings. The molecule has 22 heavy (non-hydrogen) atoms. The van der Waals surface area contributed by atoms with Crippen LogP contribution in [0.2, 0.25) is 5.02 Å². The molecule has 1 amide bonds. The highest BCUT2D eigenvalue weighted by atomic mass is 35.5. The number of aromatic nitrogens is 3. The molecular weight excluding hydrogens is 306 g/mol. The predicted octanol–water partition coefficient (Wildman–Crippen LogP) is 2.71. The monoisotopic (exact) mass is 325 g/mol. The molecule has 120 valence electrons. The minimum Gasteiger partial charge on any atom is -0.444 e. The standard InChI is InChI=1S/C14H20ClN5O2/c1-14(2,3)22-13(21)17-8-4-7-16-12-18-11-6-5-10(15)9-20(11)19-12/h5-6,9H,4,7-8H2,1-3H3,(H,16,19)(H,17,21). The van der Waals surface area contributed by atoms with Gasteiger partial charge in [0.15, 0.2) is 5.65 Å². The van der Waals surface area contributed by atoms with E-state index in [1.807, 2.05) is 20.8 Å². The molecule has 0 aliphatic heterocycles. The molecule has 2 rings (SSSR count). The normalized spacial score (nSPS) is 11.5. The van der Waals surface area contributed by atoms with Gasteiger partial charge in [-0.05, 0) is 39.3 Å². The van der Waals surface area contributed by atoms with Crippen LogP contribution in [-0.2, 0) is 4.74 Å². The second kappa shape index (κ2) is 6.83. The zero-order valence-corrected chi connectivity index (χ0v) is 13.6. The van der Waals surface area contributed by atoms with Gasteiger partial charge in [0.2, 0.25) is 5.95 Å². The molecule has 0 saturated carbocycles. The molecule has 0 bridgehead atoms. The number of hydrogen-bond acceptors (Lipinski definition) is 5. The third-order valence-corrected chi connectivity index (χ3v) is 2.82. The van der Waals surface area contributed by atoms with Crippen molar-refractivity contribution in [2.45, 2.75) is 32.8 Å². The number of nitrogens with one attached hydrogen (secondary N) is 2. The van der Waals surface area contributed by atoms with Crippen molar-refractivity contribution in [1.82, 2.24) is 19.9 Å². The predicted molar refractivity (Wildman–Crippen MR) is 85.3 cm³/mol. The molecule has 8 heteroatoms. The Morgan fingerprint density at radius 2 is 2.14 bits per heavy atom. The summed E-state index contributed by atoms with van der Waals surface area (Å²) >= 11 is 5.89. The van der Waals surface area contributed by atoms with E-state index in [0.29, 0.717) is 24.1 Å². The van der Waals surface area contributed by atoms with E-state index in [4.69, 9.17) is 16.3 Å². The fourth-order valence-electron chi connectivity index (χ4n) is 1.73. The number of alkyl carbamates (subject to hydrolysis) is 1. The van der Waals surface area contributed by atoms with Crippen LogP contribution in [0.4, 0.5) is 10.7 Å². The Hall–Kier alpha value is -2.02. The molecule has 2 aromatic rings. The lowest BCUT2D eigenvalue weighted by molar-refractivity contribution is 0.0528. The highest BCUT2D eigenvalue weighted by molar-refractivity contribution is 6.30. The molecule has 0 saturated heterocycles. The number of amides is 1. The van der Waals surface area contributed by atoms with E-state index in [1.165, 1.54) is 0 Å². The van der Waals surface area contributed by atoms with Gasteiger partial charge in [-0.3, -0.25) is 0 Å². The van der Waals surface area contributed by atoms with Crippen molar-refractivity contribution in [2.24, 2.45) is 0 Å². The third-order valence-electron chi connectivity index (χ3n) is 2.60. The van der Waals surface area contributed by atoms with E-state index in [-0.39, 0.29) is 0 Å². The van der Waals surface area contributed by atoms with E-state index in [9.17, 15) is 4.79 Å². The van der Waals surface area contributed by atoms with Gasteiger partial charge in [-0.15, -0.1) is 5.10 Å².